The summed E-state index contributed by atoms with van der Waals surface area (Å²) in [7, 11) is 0. The summed E-state index contributed by atoms with van der Waals surface area (Å²) in [5, 5.41) is 0. The van der Waals surface area contributed by atoms with Crippen LogP contribution in [0.15, 0.2) is 128 Å². The van der Waals surface area contributed by atoms with Gasteiger partial charge in [-0.05, 0) is 128 Å². The number of benzene rings is 5. The third kappa shape index (κ3) is 10.1. The Hall–Kier alpha value is -4.75. The first kappa shape index (κ1) is 47.7. The molecule has 8 rings (SSSR count). The number of unbranched alkanes of at least 4 members (excludes halogenated alkanes) is 16. The van der Waals surface area contributed by atoms with Crippen molar-refractivity contribution in [3.05, 3.63) is 150 Å². The van der Waals surface area contributed by atoms with Crippen LogP contribution < -0.4 is 0 Å². The molecule has 346 valence electrons. The van der Waals surface area contributed by atoms with E-state index in [0.717, 1.165) is 0 Å². The van der Waals surface area contributed by atoms with Gasteiger partial charge < -0.3 is 0 Å². The highest BCUT2D eigenvalue weighted by molar-refractivity contribution is 5.92. The summed E-state index contributed by atoms with van der Waals surface area (Å²) < 4.78 is 0. The average Bonchev–Trinajstić information content (AvgIpc) is 3.80. The highest BCUT2D eigenvalue weighted by Gasteiger charge is 2.46. The highest BCUT2D eigenvalue weighted by atomic mass is 14.6. The molecule has 6 aromatic rings. The van der Waals surface area contributed by atoms with E-state index in [0.29, 0.717) is 0 Å². The van der Waals surface area contributed by atoms with E-state index in [1.807, 2.05) is 12.4 Å². The van der Waals surface area contributed by atoms with Crippen molar-refractivity contribution in [2.24, 2.45) is 0 Å². The lowest BCUT2D eigenvalue weighted by Crippen LogP contribution is -2.27. The van der Waals surface area contributed by atoms with Gasteiger partial charge in [0.15, 0.2) is 0 Å². The first-order valence-corrected chi connectivity index (χ1v) is 27.1. The molecule has 1 heterocycles. The summed E-state index contributed by atoms with van der Waals surface area (Å²) in [5.74, 6) is 0. The van der Waals surface area contributed by atoms with Gasteiger partial charge >= 0.3 is 0 Å². The monoisotopic (exact) mass is 876 g/mol. The van der Waals surface area contributed by atoms with Gasteiger partial charge in [0.05, 0.1) is 0 Å². The fourth-order valence-electron chi connectivity index (χ4n) is 12.6. The van der Waals surface area contributed by atoms with Gasteiger partial charge in [-0.25, -0.2) is 0 Å². The molecule has 1 heteroatoms. The maximum absolute atomic E-state index is 4.37. The molecule has 0 atom stereocenters. The van der Waals surface area contributed by atoms with Crippen LogP contribution in [0.5, 0.6) is 0 Å². The topological polar surface area (TPSA) is 12.9 Å². The van der Waals surface area contributed by atoms with E-state index in [-0.39, 0.29) is 10.8 Å². The minimum absolute atomic E-state index is 0.0316. The van der Waals surface area contributed by atoms with Gasteiger partial charge in [0.1, 0.15) is 0 Å². The Morgan fingerprint density at radius 3 is 1.24 bits per heavy atom. The number of fused-ring (bicyclic) bond motifs is 6. The predicted molar refractivity (Wildman–Crippen MR) is 286 cm³/mol. The number of pyridine rings is 1. The summed E-state index contributed by atoms with van der Waals surface area (Å²) >= 11 is 0. The lowest BCUT2D eigenvalue weighted by Gasteiger charge is -2.35. The number of hydrogen-bond donors (Lipinski definition) is 0. The van der Waals surface area contributed by atoms with E-state index in [2.05, 4.69) is 148 Å². The van der Waals surface area contributed by atoms with Gasteiger partial charge in [-0.3, -0.25) is 4.98 Å². The van der Waals surface area contributed by atoms with Crippen molar-refractivity contribution in [1.29, 1.82) is 0 Å². The molecule has 0 unspecified atom stereocenters. The standard InChI is InChI=1S/C65H81N/c1-5-9-13-17-19-27-42-64(43-28-20-18-14-10-6-2)61-48-51(54-31-22-21-30-53(54)50-40-46-66-47-41-50)36-38-57(61)58-39-37-52(49-62(58)64)55-33-29-34-59-56-32-23-24-35-60(56)65(63(55)59,44-25-15-11-7-3)45-26-16-12-8-4/h21-24,29-41,46-49H,5-20,25-28,42-45H2,1-4H3. The minimum Gasteiger partial charge on any atom is -0.265 e. The molecular weight excluding hydrogens is 795 g/mol. The second-order valence-corrected chi connectivity index (χ2v) is 20.4. The zero-order chi connectivity index (χ0) is 45.6. The van der Waals surface area contributed by atoms with Gasteiger partial charge in [-0.2, -0.15) is 0 Å². The second kappa shape index (κ2) is 23.3. The first-order chi connectivity index (χ1) is 32.6. The van der Waals surface area contributed by atoms with Gasteiger partial charge in [-0.1, -0.05) is 247 Å². The Kier molecular flexibility index (Phi) is 16.9. The first-order valence-electron chi connectivity index (χ1n) is 27.1. The molecule has 2 aliphatic carbocycles. The number of aromatic nitrogens is 1. The molecular formula is C65H81N. The summed E-state index contributed by atoms with van der Waals surface area (Å²) in [5.41, 5.74) is 20.4. The van der Waals surface area contributed by atoms with Crippen LogP contribution in [0.2, 0.25) is 0 Å². The molecule has 66 heavy (non-hydrogen) atoms. The summed E-state index contributed by atoms with van der Waals surface area (Å²) in [4.78, 5) is 4.37. The quantitative estimate of drug-likeness (QED) is 0.0470. The van der Waals surface area contributed by atoms with Crippen LogP contribution in [0.4, 0.5) is 0 Å². The number of hydrogen-bond acceptors (Lipinski definition) is 1. The molecule has 0 saturated carbocycles. The van der Waals surface area contributed by atoms with Crippen LogP contribution in [0.1, 0.15) is 204 Å². The van der Waals surface area contributed by atoms with Crippen molar-refractivity contribution in [2.45, 2.75) is 193 Å². The number of rotatable bonds is 27. The molecule has 0 saturated heterocycles. The van der Waals surface area contributed by atoms with E-state index in [1.54, 1.807) is 22.3 Å². The van der Waals surface area contributed by atoms with Crippen LogP contribution in [0.3, 0.4) is 0 Å². The zero-order valence-electron chi connectivity index (χ0n) is 41.5. The van der Waals surface area contributed by atoms with E-state index in [4.69, 9.17) is 0 Å². The molecule has 1 aromatic heterocycles. The maximum Gasteiger partial charge on any atom is 0.0273 e. The van der Waals surface area contributed by atoms with Crippen LogP contribution in [-0.2, 0) is 10.8 Å². The summed E-state index contributed by atoms with van der Waals surface area (Å²) in [6, 6.07) is 45.7. The van der Waals surface area contributed by atoms with Gasteiger partial charge in [-0.15, -0.1) is 0 Å². The van der Waals surface area contributed by atoms with Gasteiger partial charge in [0, 0.05) is 23.2 Å². The van der Waals surface area contributed by atoms with E-state index in [9.17, 15) is 0 Å². The lowest BCUT2D eigenvalue weighted by molar-refractivity contribution is 0.398. The molecule has 0 amide bonds. The van der Waals surface area contributed by atoms with Crippen molar-refractivity contribution in [2.75, 3.05) is 0 Å². The van der Waals surface area contributed by atoms with Crippen molar-refractivity contribution >= 4 is 0 Å². The third-order valence-electron chi connectivity index (χ3n) is 16.0. The molecule has 0 aliphatic heterocycles. The zero-order valence-corrected chi connectivity index (χ0v) is 41.5. The van der Waals surface area contributed by atoms with Crippen LogP contribution >= 0.6 is 0 Å². The third-order valence-corrected chi connectivity index (χ3v) is 16.0. The minimum atomic E-state index is -0.0316. The lowest BCUT2D eigenvalue weighted by atomic mass is 9.68. The largest absolute Gasteiger partial charge is 0.265 e. The van der Waals surface area contributed by atoms with Crippen LogP contribution in [0, 0.1) is 0 Å². The van der Waals surface area contributed by atoms with E-state index in [1.165, 1.54) is 210 Å². The second-order valence-electron chi connectivity index (χ2n) is 20.4. The molecule has 5 aromatic carbocycles. The van der Waals surface area contributed by atoms with Crippen molar-refractivity contribution < 1.29 is 0 Å². The van der Waals surface area contributed by atoms with Crippen molar-refractivity contribution in [3.8, 4) is 55.6 Å². The molecule has 2 aliphatic rings. The fourth-order valence-corrected chi connectivity index (χ4v) is 12.6. The Bertz CT molecular complexity index is 2420. The fraction of sp³-hybridized carbons (Fsp3) is 0.462. The molecule has 0 spiro atoms. The van der Waals surface area contributed by atoms with Gasteiger partial charge in [0.25, 0.3) is 0 Å². The van der Waals surface area contributed by atoms with Crippen LogP contribution in [0.25, 0.3) is 55.6 Å². The van der Waals surface area contributed by atoms with Crippen molar-refractivity contribution in [3.63, 3.8) is 0 Å². The van der Waals surface area contributed by atoms with E-state index >= 15 is 0 Å². The molecule has 0 radical (unpaired) electrons. The van der Waals surface area contributed by atoms with E-state index < -0.39 is 0 Å². The highest BCUT2D eigenvalue weighted by Crippen LogP contribution is 2.59. The SMILES string of the molecule is CCCCCCCCC1(CCCCCCCC)c2cc(-c3ccccc3-c3ccncc3)ccc2-c2ccc(-c3cccc4c3C(CCCCCC)(CCCCCC)c3ccccc3-4)cc21. The molecule has 1 nitrogen and oxygen atoms in total. The average molecular weight is 876 g/mol. The summed E-state index contributed by atoms with van der Waals surface area (Å²) in [6.07, 6.45) is 35.0. The Morgan fingerprint density at radius 1 is 0.303 bits per heavy atom. The Balaban J connectivity index is 1.28. The maximum atomic E-state index is 4.37. The smallest absolute Gasteiger partial charge is 0.0273 e. The normalized spacial score (nSPS) is 13.9. The summed E-state index contributed by atoms with van der Waals surface area (Å²) in [6.45, 7) is 9.39. The predicted octanol–water partition coefficient (Wildman–Crippen LogP) is 20.1. The van der Waals surface area contributed by atoms with Gasteiger partial charge in [0.2, 0.25) is 0 Å². The molecule has 0 fully saturated rings. The number of nitrogens with zero attached hydrogens (tertiary/aromatic N) is 1. The molecule has 0 bridgehead atoms. The van der Waals surface area contributed by atoms with Crippen molar-refractivity contribution in [1.82, 2.24) is 4.98 Å². The molecule has 0 N–H and O–H groups in total. The Labute approximate surface area is 401 Å². The van der Waals surface area contributed by atoms with Crippen LogP contribution in [-0.4, -0.2) is 4.98 Å². The Morgan fingerprint density at radius 2 is 0.697 bits per heavy atom.